The molecule has 150 valence electrons. The second-order valence-electron chi connectivity index (χ2n) is 6.38. The molecule has 3 rings (SSSR count). The highest BCUT2D eigenvalue weighted by Gasteiger charge is 2.13. The lowest BCUT2D eigenvalue weighted by Crippen LogP contribution is -2.28. The van der Waals surface area contributed by atoms with Crippen LogP contribution in [-0.4, -0.2) is 42.7 Å². The van der Waals surface area contributed by atoms with Gasteiger partial charge >= 0.3 is 0 Å². The van der Waals surface area contributed by atoms with Crippen molar-refractivity contribution < 1.29 is 13.9 Å². The molecule has 0 atom stereocenters. The van der Waals surface area contributed by atoms with Crippen molar-refractivity contribution in [3.63, 3.8) is 0 Å². The maximum Gasteiger partial charge on any atom is 0.270 e. The number of hydrogen-bond donors (Lipinski definition) is 2. The number of halogens is 1. The number of hydrogen-bond acceptors (Lipinski definition) is 5. The third kappa shape index (κ3) is 6.08. The summed E-state index contributed by atoms with van der Waals surface area (Å²) in [6.07, 6.45) is 0.695. The van der Waals surface area contributed by atoms with Crippen LogP contribution in [0.1, 0.15) is 16.1 Å². The SMILES string of the molecule is COCCNC(=O)c1cc(NCCc2ccc(F)cc2)nc(-c2ccccc2)n1. The zero-order valence-corrected chi connectivity index (χ0v) is 16.2. The standard InChI is InChI=1S/C22H23FN4O2/c1-29-14-13-25-22(28)19-15-20(24-12-11-16-7-9-18(23)10-8-16)27-21(26-19)17-5-3-2-4-6-17/h2-10,15H,11-14H2,1H3,(H,25,28)(H,24,26,27). The highest BCUT2D eigenvalue weighted by Crippen LogP contribution is 2.18. The van der Waals surface area contributed by atoms with Gasteiger partial charge in [0.1, 0.15) is 17.3 Å². The fourth-order valence-electron chi connectivity index (χ4n) is 2.71. The molecule has 2 N–H and O–H groups in total. The molecule has 29 heavy (non-hydrogen) atoms. The second-order valence-corrected chi connectivity index (χ2v) is 6.38. The first-order valence-corrected chi connectivity index (χ1v) is 9.35. The van der Waals surface area contributed by atoms with Gasteiger partial charge in [0, 0.05) is 31.8 Å². The molecule has 0 saturated carbocycles. The van der Waals surface area contributed by atoms with Crippen molar-refractivity contribution in [1.82, 2.24) is 15.3 Å². The topological polar surface area (TPSA) is 76.1 Å². The van der Waals surface area contributed by atoms with Gasteiger partial charge in [-0.05, 0) is 24.1 Å². The predicted molar refractivity (Wildman–Crippen MR) is 110 cm³/mol. The molecule has 0 saturated heterocycles. The van der Waals surface area contributed by atoms with Gasteiger partial charge < -0.3 is 15.4 Å². The first-order chi connectivity index (χ1) is 14.2. The van der Waals surface area contributed by atoms with Gasteiger partial charge in [-0.2, -0.15) is 0 Å². The number of anilines is 1. The van der Waals surface area contributed by atoms with Gasteiger partial charge in [-0.1, -0.05) is 42.5 Å². The van der Waals surface area contributed by atoms with E-state index in [2.05, 4.69) is 20.6 Å². The van der Waals surface area contributed by atoms with Crippen molar-refractivity contribution >= 4 is 11.7 Å². The van der Waals surface area contributed by atoms with E-state index < -0.39 is 0 Å². The highest BCUT2D eigenvalue weighted by atomic mass is 19.1. The summed E-state index contributed by atoms with van der Waals surface area (Å²) in [7, 11) is 1.58. The van der Waals surface area contributed by atoms with Crippen LogP contribution < -0.4 is 10.6 Å². The molecule has 0 aliphatic carbocycles. The summed E-state index contributed by atoms with van der Waals surface area (Å²) in [5, 5.41) is 6.01. The summed E-state index contributed by atoms with van der Waals surface area (Å²) in [5.74, 6) is 0.476. The molecule has 0 spiro atoms. The molecular weight excluding hydrogens is 371 g/mol. The number of amides is 1. The molecule has 0 fully saturated rings. The van der Waals surface area contributed by atoms with Crippen LogP contribution in [0, 0.1) is 5.82 Å². The lowest BCUT2D eigenvalue weighted by molar-refractivity contribution is 0.0932. The van der Waals surface area contributed by atoms with E-state index in [1.54, 1.807) is 25.3 Å². The number of methoxy groups -OCH3 is 1. The number of benzene rings is 2. The first-order valence-electron chi connectivity index (χ1n) is 9.35. The minimum atomic E-state index is -0.289. The molecular formula is C22H23FN4O2. The first kappa shape index (κ1) is 20.4. The van der Waals surface area contributed by atoms with Crippen LogP contribution in [0.5, 0.6) is 0 Å². The van der Waals surface area contributed by atoms with Crippen molar-refractivity contribution in [3.8, 4) is 11.4 Å². The van der Waals surface area contributed by atoms with E-state index in [1.807, 2.05) is 30.3 Å². The van der Waals surface area contributed by atoms with Crippen LogP contribution in [0.2, 0.25) is 0 Å². The molecule has 1 amide bonds. The van der Waals surface area contributed by atoms with Gasteiger partial charge in [0.05, 0.1) is 6.61 Å². The van der Waals surface area contributed by atoms with Gasteiger partial charge in [0.25, 0.3) is 5.91 Å². The molecule has 0 radical (unpaired) electrons. The van der Waals surface area contributed by atoms with Crippen LogP contribution in [0.15, 0.2) is 60.7 Å². The van der Waals surface area contributed by atoms with E-state index in [9.17, 15) is 9.18 Å². The van der Waals surface area contributed by atoms with Crippen molar-refractivity contribution in [2.75, 3.05) is 32.1 Å². The smallest absolute Gasteiger partial charge is 0.270 e. The molecule has 6 nitrogen and oxygen atoms in total. The lowest BCUT2D eigenvalue weighted by Gasteiger charge is -2.11. The Bertz CT molecular complexity index is 933. The largest absolute Gasteiger partial charge is 0.383 e. The third-order valence-corrected chi connectivity index (χ3v) is 4.22. The average molecular weight is 394 g/mol. The average Bonchev–Trinajstić information content (AvgIpc) is 2.76. The van der Waals surface area contributed by atoms with Gasteiger partial charge in [-0.25, -0.2) is 14.4 Å². The van der Waals surface area contributed by atoms with Crippen LogP contribution in [0.4, 0.5) is 10.2 Å². The number of rotatable bonds is 9. The van der Waals surface area contributed by atoms with E-state index in [0.717, 1.165) is 11.1 Å². The molecule has 7 heteroatoms. The summed E-state index contributed by atoms with van der Waals surface area (Å²) in [6, 6.07) is 17.5. The molecule has 0 aliphatic heterocycles. The monoisotopic (exact) mass is 394 g/mol. The second kappa shape index (κ2) is 10.3. The van der Waals surface area contributed by atoms with Crippen molar-refractivity contribution in [2.45, 2.75) is 6.42 Å². The van der Waals surface area contributed by atoms with Crippen molar-refractivity contribution in [2.24, 2.45) is 0 Å². The summed E-state index contributed by atoms with van der Waals surface area (Å²) >= 11 is 0. The van der Waals surface area contributed by atoms with Crippen LogP contribution in [-0.2, 0) is 11.2 Å². The quantitative estimate of drug-likeness (QED) is 0.545. The molecule has 1 heterocycles. The Kier molecular flexibility index (Phi) is 7.24. The predicted octanol–water partition coefficient (Wildman–Crippen LogP) is 3.31. The number of nitrogens with zero attached hydrogens (tertiary/aromatic N) is 2. The van der Waals surface area contributed by atoms with E-state index in [4.69, 9.17) is 4.74 Å². The van der Waals surface area contributed by atoms with Gasteiger partial charge in [-0.3, -0.25) is 4.79 Å². The van der Waals surface area contributed by atoms with Crippen molar-refractivity contribution in [1.29, 1.82) is 0 Å². The Morgan fingerprint density at radius 3 is 2.52 bits per heavy atom. The molecule has 1 aromatic heterocycles. The summed E-state index contributed by atoms with van der Waals surface area (Å²) in [6.45, 7) is 1.40. The maximum absolute atomic E-state index is 13.0. The Morgan fingerprint density at radius 2 is 1.79 bits per heavy atom. The van der Waals surface area contributed by atoms with E-state index in [1.165, 1.54) is 12.1 Å². The third-order valence-electron chi connectivity index (χ3n) is 4.22. The number of carbonyl (C=O) groups is 1. The van der Waals surface area contributed by atoms with Crippen molar-refractivity contribution in [3.05, 3.63) is 77.7 Å². The highest BCUT2D eigenvalue weighted by molar-refractivity contribution is 5.93. The Labute approximate surface area is 169 Å². The van der Waals surface area contributed by atoms with Crippen LogP contribution in [0.25, 0.3) is 11.4 Å². The zero-order valence-electron chi connectivity index (χ0n) is 16.2. The van der Waals surface area contributed by atoms with E-state index >= 15 is 0 Å². The molecule has 0 bridgehead atoms. The van der Waals surface area contributed by atoms with Crippen LogP contribution in [0.3, 0.4) is 0 Å². The minimum Gasteiger partial charge on any atom is -0.383 e. The normalized spacial score (nSPS) is 10.6. The number of aromatic nitrogens is 2. The van der Waals surface area contributed by atoms with E-state index in [0.29, 0.717) is 37.8 Å². The summed E-state index contributed by atoms with van der Waals surface area (Å²) < 4.78 is 18.0. The number of carbonyl (C=O) groups excluding carboxylic acids is 1. The summed E-state index contributed by atoms with van der Waals surface area (Å²) in [4.78, 5) is 21.4. The fourth-order valence-corrected chi connectivity index (χ4v) is 2.71. The van der Waals surface area contributed by atoms with Crippen LogP contribution >= 0.6 is 0 Å². The molecule has 0 unspecified atom stereocenters. The maximum atomic E-state index is 13.0. The Hall–Kier alpha value is -3.32. The molecule has 0 aliphatic rings. The fraction of sp³-hybridized carbons (Fsp3) is 0.227. The molecule has 3 aromatic rings. The molecule has 2 aromatic carbocycles. The van der Waals surface area contributed by atoms with Gasteiger partial charge in [-0.15, -0.1) is 0 Å². The summed E-state index contributed by atoms with van der Waals surface area (Å²) in [5.41, 5.74) is 2.11. The number of ether oxygens (including phenoxy) is 1. The van der Waals surface area contributed by atoms with Gasteiger partial charge in [0.2, 0.25) is 0 Å². The van der Waals surface area contributed by atoms with Gasteiger partial charge in [0.15, 0.2) is 5.82 Å². The zero-order chi connectivity index (χ0) is 20.5. The Balaban J connectivity index is 1.76. The minimum absolute atomic E-state index is 0.255. The number of nitrogens with one attached hydrogen (secondary N) is 2. The lowest BCUT2D eigenvalue weighted by atomic mass is 10.1. The Morgan fingerprint density at radius 1 is 1.03 bits per heavy atom. The van der Waals surface area contributed by atoms with E-state index in [-0.39, 0.29) is 17.4 Å².